The van der Waals surface area contributed by atoms with Gasteiger partial charge in [0, 0.05) is 11.6 Å². The van der Waals surface area contributed by atoms with Crippen LogP contribution in [0.3, 0.4) is 0 Å². The van der Waals surface area contributed by atoms with Crippen molar-refractivity contribution in [2.24, 2.45) is 0 Å². The smallest absolute Gasteiger partial charge is 0.340 e. The van der Waals surface area contributed by atoms with E-state index in [9.17, 15) is 9.59 Å². The van der Waals surface area contributed by atoms with E-state index < -0.39 is 11.9 Å². The zero-order valence-corrected chi connectivity index (χ0v) is 11.6. The molecule has 2 heterocycles. The maximum Gasteiger partial charge on any atom is 0.340 e. The topological polar surface area (TPSA) is 57.0 Å². The summed E-state index contributed by atoms with van der Waals surface area (Å²) >= 11 is 0. The molecule has 2 aromatic heterocycles. The number of aromatic nitrogens is 1. The molecular formula is C16H13NO4. The number of methoxy groups -OCH3 is 2. The Bertz CT molecular complexity index is 863. The van der Waals surface area contributed by atoms with Gasteiger partial charge >= 0.3 is 11.9 Å². The summed E-state index contributed by atoms with van der Waals surface area (Å²) in [6.07, 6.45) is 1.61. The molecule has 0 aliphatic heterocycles. The molecule has 5 heteroatoms. The van der Waals surface area contributed by atoms with Crippen molar-refractivity contribution in [3.05, 3.63) is 53.7 Å². The molecule has 5 nitrogen and oxygen atoms in total. The lowest BCUT2D eigenvalue weighted by Crippen LogP contribution is -2.09. The Hall–Kier alpha value is -2.82. The predicted molar refractivity (Wildman–Crippen MR) is 77.6 cm³/mol. The molecule has 3 aromatic rings. The van der Waals surface area contributed by atoms with Crippen LogP contribution in [-0.4, -0.2) is 30.6 Å². The van der Waals surface area contributed by atoms with E-state index in [1.165, 1.54) is 14.2 Å². The number of carbonyl (C=O) groups excluding carboxylic acids is 2. The Morgan fingerprint density at radius 3 is 2.38 bits per heavy atom. The molecule has 0 saturated heterocycles. The molecule has 0 aliphatic rings. The lowest BCUT2D eigenvalue weighted by molar-refractivity contribution is 0.0558. The molecule has 0 bridgehead atoms. The molecule has 0 spiro atoms. The van der Waals surface area contributed by atoms with Gasteiger partial charge in [-0.25, -0.2) is 9.59 Å². The van der Waals surface area contributed by atoms with E-state index in [0.717, 1.165) is 10.9 Å². The van der Waals surface area contributed by atoms with Gasteiger partial charge in [0.05, 0.1) is 36.4 Å². The van der Waals surface area contributed by atoms with Gasteiger partial charge in [-0.1, -0.05) is 24.3 Å². The summed E-state index contributed by atoms with van der Waals surface area (Å²) in [6.45, 7) is 0. The Labute approximate surface area is 120 Å². The van der Waals surface area contributed by atoms with E-state index in [0.29, 0.717) is 5.52 Å². The number of carbonyl (C=O) groups is 2. The number of fused-ring (bicyclic) bond motifs is 3. The first-order valence-electron chi connectivity index (χ1n) is 6.37. The monoisotopic (exact) mass is 283 g/mol. The van der Waals surface area contributed by atoms with Crippen LogP contribution in [0.4, 0.5) is 0 Å². The molecule has 21 heavy (non-hydrogen) atoms. The molecule has 0 fully saturated rings. The highest BCUT2D eigenvalue weighted by Crippen LogP contribution is 2.27. The highest BCUT2D eigenvalue weighted by atomic mass is 16.5. The van der Waals surface area contributed by atoms with Crippen molar-refractivity contribution < 1.29 is 19.1 Å². The van der Waals surface area contributed by atoms with Crippen molar-refractivity contribution in [1.82, 2.24) is 4.40 Å². The zero-order chi connectivity index (χ0) is 15.0. The third-order valence-electron chi connectivity index (χ3n) is 3.44. The van der Waals surface area contributed by atoms with Gasteiger partial charge in [-0.2, -0.15) is 0 Å². The molecule has 0 saturated carbocycles. The highest BCUT2D eigenvalue weighted by Gasteiger charge is 2.25. The maximum atomic E-state index is 12.0. The molecule has 0 unspecified atom stereocenters. The van der Waals surface area contributed by atoms with Gasteiger partial charge in [-0.15, -0.1) is 0 Å². The van der Waals surface area contributed by atoms with Crippen molar-refractivity contribution in [3.63, 3.8) is 0 Å². The minimum Gasteiger partial charge on any atom is -0.465 e. The van der Waals surface area contributed by atoms with E-state index in [1.807, 2.05) is 36.4 Å². The third-order valence-corrected chi connectivity index (χ3v) is 3.44. The molecule has 0 amide bonds. The predicted octanol–water partition coefficient (Wildman–Crippen LogP) is 2.67. The Morgan fingerprint density at radius 2 is 1.67 bits per heavy atom. The van der Waals surface area contributed by atoms with Crippen LogP contribution in [0, 0.1) is 0 Å². The zero-order valence-electron chi connectivity index (χ0n) is 11.6. The van der Waals surface area contributed by atoms with Gasteiger partial charge in [-0.3, -0.25) is 0 Å². The molecule has 3 rings (SSSR count). The van der Waals surface area contributed by atoms with Crippen LogP contribution in [-0.2, 0) is 9.47 Å². The Kier molecular flexibility index (Phi) is 3.10. The SMILES string of the molecule is COC(=O)c1cn2c(cc3cccccc32)c1C(=O)OC. The first kappa shape index (κ1) is 13.2. The second-order valence-electron chi connectivity index (χ2n) is 4.55. The quantitative estimate of drug-likeness (QED) is 0.678. The molecule has 0 radical (unpaired) electrons. The number of esters is 2. The number of rotatable bonds is 2. The van der Waals surface area contributed by atoms with Gasteiger partial charge in [-0.05, 0) is 12.1 Å². The average Bonchev–Trinajstić information content (AvgIpc) is 2.92. The van der Waals surface area contributed by atoms with Crippen molar-refractivity contribution in [2.45, 2.75) is 0 Å². The summed E-state index contributed by atoms with van der Waals surface area (Å²) in [5.74, 6) is -1.12. The summed E-state index contributed by atoms with van der Waals surface area (Å²) in [5.41, 5.74) is 1.95. The molecule has 0 atom stereocenters. The van der Waals surface area contributed by atoms with Crippen molar-refractivity contribution in [3.8, 4) is 0 Å². The van der Waals surface area contributed by atoms with Crippen LogP contribution in [0.15, 0.2) is 42.6 Å². The van der Waals surface area contributed by atoms with E-state index in [2.05, 4.69) is 0 Å². The van der Waals surface area contributed by atoms with Gasteiger partial charge < -0.3 is 13.9 Å². The fourth-order valence-corrected chi connectivity index (χ4v) is 2.48. The minimum atomic E-state index is -0.562. The molecular weight excluding hydrogens is 270 g/mol. The summed E-state index contributed by atoms with van der Waals surface area (Å²) < 4.78 is 11.3. The van der Waals surface area contributed by atoms with Crippen LogP contribution in [0.1, 0.15) is 20.7 Å². The van der Waals surface area contributed by atoms with Gasteiger partial charge in [0.2, 0.25) is 0 Å². The van der Waals surface area contributed by atoms with E-state index >= 15 is 0 Å². The second-order valence-corrected chi connectivity index (χ2v) is 4.55. The normalized spacial score (nSPS) is 10.8. The van der Waals surface area contributed by atoms with Crippen molar-refractivity contribution in [2.75, 3.05) is 14.2 Å². The molecule has 0 N–H and O–H groups in total. The molecule has 1 aromatic carbocycles. The average molecular weight is 283 g/mol. The first-order chi connectivity index (χ1) is 10.2. The maximum absolute atomic E-state index is 12.0. The van der Waals surface area contributed by atoms with Gasteiger partial charge in [0.1, 0.15) is 0 Å². The third kappa shape index (κ3) is 1.94. The first-order valence-corrected chi connectivity index (χ1v) is 6.37. The summed E-state index contributed by atoms with van der Waals surface area (Å²) in [5, 5.41) is 0.969. The van der Waals surface area contributed by atoms with Crippen LogP contribution in [0.2, 0.25) is 0 Å². The molecule has 0 aliphatic carbocycles. The fraction of sp³-hybridized carbons (Fsp3) is 0.125. The number of hydrogen-bond donors (Lipinski definition) is 0. The standard InChI is InChI=1S/C16H13NO4/c1-20-15(18)11-9-17-12-7-5-3-4-6-10(12)8-13(17)14(11)16(19)21-2/h3-9H,1-2H3. The van der Waals surface area contributed by atoms with Crippen LogP contribution in [0.25, 0.3) is 16.4 Å². The summed E-state index contributed by atoms with van der Waals surface area (Å²) in [6, 6.07) is 11.5. The largest absolute Gasteiger partial charge is 0.465 e. The fourth-order valence-electron chi connectivity index (χ4n) is 2.48. The number of nitrogens with zero attached hydrogens (tertiary/aromatic N) is 1. The van der Waals surface area contributed by atoms with Crippen LogP contribution >= 0.6 is 0 Å². The second kappa shape index (κ2) is 4.94. The van der Waals surface area contributed by atoms with Gasteiger partial charge in [0.15, 0.2) is 0 Å². The Morgan fingerprint density at radius 1 is 0.952 bits per heavy atom. The summed E-state index contributed by atoms with van der Waals surface area (Å²) in [4.78, 5) is 23.9. The van der Waals surface area contributed by atoms with Gasteiger partial charge in [0.25, 0.3) is 0 Å². The minimum absolute atomic E-state index is 0.202. The lowest BCUT2D eigenvalue weighted by atomic mass is 10.1. The van der Waals surface area contributed by atoms with E-state index in [4.69, 9.17) is 9.47 Å². The number of ether oxygens (including phenoxy) is 2. The van der Waals surface area contributed by atoms with E-state index in [-0.39, 0.29) is 11.1 Å². The van der Waals surface area contributed by atoms with Crippen molar-refractivity contribution >= 4 is 28.4 Å². The Balaban J connectivity index is 2.42. The number of hydrogen-bond acceptors (Lipinski definition) is 4. The van der Waals surface area contributed by atoms with Crippen LogP contribution in [0.5, 0.6) is 0 Å². The van der Waals surface area contributed by atoms with E-state index in [1.54, 1.807) is 10.6 Å². The van der Waals surface area contributed by atoms with Crippen LogP contribution < -0.4 is 0 Å². The lowest BCUT2D eigenvalue weighted by Gasteiger charge is -2.00. The highest BCUT2D eigenvalue weighted by molar-refractivity contribution is 6.10. The van der Waals surface area contributed by atoms with Crippen molar-refractivity contribution in [1.29, 1.82) is 0 Å². The molecule has 106 valence electrons. The summed E-state index contributed by atoms with van der Waals surface area (Å²) in [7, 11) is 2.57.